The van der Waals surface area contributed by atoms with Gasteiger partial charge in [-0.05, 0) is 61.9 Å². The van der Waals surface area contributed by atoms with E-state index in [2.05, 4.69) is 65.3 Å². The summed E-state index contributed by atoms with van der Waals surface area (Å²) in [6.07, 6.45) is 3.62. The average molecular weight is 365 g/mol. The Balaban J connectivity index is 1.31. The highest BCUT2D eigenvalue weighted by Gasteiger charge is 2.27. The molecule has 1 saturated heterocycles. The van der Waals surface area contributed by atoms with Gasteiger partial charge in [-0.1, -0.05) is 54.1 Å². The number of aliphatic hydroxyl groups is 1. The van der Waals surface area contributed by atoms with E-state index in [1.165, 1.54) is 48.2 Å². The standard InChI is InChI=1S/C24H32N2O/c1-19-7-8-23-22(17-19)11-14-26(24(23)18-27)16-15-25-12-9-21(10-13-25)20-5-3-2-4-6-20/h2-8,17,21,24,27H,9-16,18H2,1H3. The average Bonchev–Trinajstić information content (AvgIpc) is 2.72. The van der Waals surface area contributed by atoms with Crippen molar-refractivity contribution in [1.82, 2.24) is 9.80 Å². The smallest absolute Gasteiger partial charge is 0.0628 e. The number of hydrogen-bond acceptors (Lipinski definition) is 3. The van der Waals surface area contributed by atoms with Crippen LogP contribution in [0, 0.1) is 6.92 Å². The molecule has 4 rings (SSSR count). The van der Waals surface area contributed by atoms with E-state index in [1.807, 2.05) is 0 Å². The third-order valence-electron chi connectivity index (χ3n) is 6.50. The molecule has 0 amide bonds. The van der Waals surface area contributed by atoms with Gasteiger partial charge in [0.05, 0.1) is 12.6 Å². The quantitative estimate of drug-likeness (QED) is 0.875. The van der Waals surface area contributed by atoms with Gasteiger partial charge in [0.25, 0.3) is 0 Å². The Morgan fingerprint density at radius 1 is 0.963 bits per heavy atom. The Bertz CT molecular complexity index is 737. The van der Waals surface area contributed by atoms with Crippen LogP contribution in [0.4, 0.5) is 0 Å². The van der Waals surface area contributed by atoms with Gasteiger partial charge in [0, 0.05) is 19.6 Å². The normalized spacial score (nSPS) is 21.9. The number of fused-ring (bicyclic) bond motifs is 1. The number of hydrogen-bond donors (Lipinski definition) is 1. The van der Waals surface area contributed by atoms with Crippen molar-refractivity contribution in [2.24, 2.45) is 0 Å². The summed E-state index contributed by atoms with van der Waals surface area (Å²) < 4.78 is 0. The van der Waals surface area contributed by atoms with Gasteiger partial charge in [-0.15, -0.1) is 0 Å². The van der Waals surface area contributed by atoms with Crippen molar-refractivity contribution in [3.8, 4) is 0 Å². The Morgan fingerprint density at radius 3 is 2.48 bits per heavy atom. The molecule has 2 aliphatic rings. The Labute approximate surface area is 163 Å². The minimum Gasteiger partial charge on any atom is -0.394 e. The second-order valence-electron chi connectivity index (χ2n) is 8.21. The van der Waals surface area contributed by atoms with Crippen molar-refractivity contribution < 1.29 is 5.11 Å². The van der Waals surface area contributed by atoms with Gasteiger partial charge in [0.1, 0.15) is 0 Å². The summed E-state index contributed by atoms with van der Waals surface area (Å²) in [6.45, 7) is 7.96. The fourth-order valence-electron chi connectivity index (χ4n) is 4.86. The predicted octanol–water partition coefficient (Wildman–Crippen LogP) is 3.77. The number of likely N-dealkylation sites (tertiary alicyclic amines) is 1. The molecular weight excluding hydrogens is 332 g/mol. The van der Waals surface area contributed by atoms with Crippen LogP contribution in [0.2, 0.25) is 0 Å². The molecule has 1 atom stereocenters. The van der Waals surface area contributed by atoms with Crippen LogP contribution in [0.5, 0.6) is 0 Å². The van der Waals surface area contributed by atoms with Crippen LogP contribution in [-0.2, 0) is 6.42 Å². The van der Waals surface area contributed by atoms with Crippen molar-refractivity contribution in [2.45, 2.75) is 38.1 Å². The summed E-state index contributed by atoms with van der Waals surface area (Å²) >= 11 is 0. The SMILES string of the molecule is Cc1ccc2c(c1)CCN(CCN1CCC(c3ccccc3)CC1)C2CO. The van der Waals surface area contributed by atoms with E-state index in [0.29, 0.717) is 0 Å². The summed E-state index contributed by atoms with van der Waals surface area (Å²) in [6, 6.07) is 17.8. The zero-order valence-electron chi connectivity index (χ0n) is 16.5. The molecule has 1 unspecified atom stereocenters. The molecule has 0 radical (unpaired) electrons. The molecule has 3 heteroatoms. The minimum atomic E-state index is 0.163. The fraction of sp³-hybridized carbons (Fsp3) is 0.500. The molecule has 27 heavy (non-hydrogen) atoms. The lowest BCUT2D eigenvalue weighted by atomic mass is 9.89. The topological polar surface area (TPSA) is 26.7 Å². The minimum absolute atomic E-state index is 0.163. The zero-order valence-corrected chi connectivity index (χ0v) is 16.5. The summed E-state index contributed by atoms with van der Waals surface area (Å²) in [5.41, 5.74) is 5.58. The summed E-state index contributed by atoms with van der Waals surface area (Å²) in [7, 11) is 0. The summed E-state index contributed by atoms with van der Waals surface area (Å²) in [4.78, 5) is 5.10. The number of piperidine rings is 1. The second kappa shape index (κ2) is 8.55. The van der Waals surface area contributed by atoms with E-state index >= 15 is 0 Å². The van der Waals surface area contributed by atoms with Crippen molar-refractivity contribution in [2.75, 3.05) is 39.3 Å². The van der Waals surface area contributed by atoms with Gasteiger partial charge in [-0.2, -0.15) is 0 Å². The largest absolute Gasteiger partial charge is 0.394 e. The molecule has 1 N–H and O–H groups in total. The highest BCUT2D eigenvalue weighted by atomic mass is 16.3. The number of rotatable bonds is 5. The Morgan fingerprint density at radius 2 is 1.74 bits per heavy atom. The third kappa shape index (κ3) is 4.26. The van der Waals surface area contributed by atoms with Crippen LogP contribution >= 0.6 is 0 Å². The van der Waals surface area contributed by atoms with Crippen molar-refractivity contribution >= 4 is 0 Å². The van der Waals surface area contributed by atoms with E-state index in [0.717, 1.165) is 32.0 Å². The van der Waals surface area contributed by atoms with Crippen molar-refractivity contribution in [3.63, 3.8) is 0 Å². The maximum absolute atomic E-state index is 10.0. The highest BCUT2D eigenvalue weighted by molar-refractivity contribution is 5.36. The molecule has 3 nitrogen and oxygen atoms in total. The van der Waals surface area contributed by atoms with Crippen molar-refractivity contribution in [1.29, 1.82) is 0 Å². The molecule has 2 heterocycles. The first kappa shape index (κ1) is 18.7. The van der Waals surface area contributed by atoms with Crippen LogP contribution in [0.25, 0.3) is 0 Å². The first-order chi connectivity index (χ1) is 13.2. The fourth-order valence-corrected chi connectivity index (χ4v) is 4.86. The van der Waals surface area contributed by atoms with Crippen LogP contribution in [0.3, 0.4) is 0 Å². The van der Waals surface area contributed by atoms with Gasteiger partial charge in [0.15, 0.2) is 0 Å². The van der Waals surface area contributed by atoms with Crippen LogP contribution < -0.4 is 0 Å². The Hall–Kier alpha value is -1.68. The molecule has 2 aromatic carbocycles. The van der Waals surface area contributed by atoms with Gasteiger partial charge >= 0.3 is 0 Å². The van der Waals surface area contributed by atoms with Gasteiger partial charge in [-0.3, -0.25) is 4.90 Å². The van der Waals surface area contributed by atoms with Crippen LogP contribution in [0.1, 0.15) is 47.1 Å². The third-order valence-corrected chi connectivity index (χ3v) is 6.50. The van der Waals surface area contributed by atoms with Crippen LogP contribution in [-0.4, -0.2) is 54.2 Å². The van der Waals surface area contributed by atoms with E-state index in [-0.39, 0.29) is 12.6 Å². The molecule has 0 aliphatic carbocycles. The van der Waals surface area contributed by atoms with E-state index in [9.17, 15) is 5.11 Å². The lowest BCUT2D eigenvalue weighted by Gasteiger charge is -2.39. The molecule has 1 fully saturated rings. The number of aliphatic hydroxyl groups excluding tert-OH is 1. The lowest BCUT2D eigenvalue weighted by Crippen LogP contribution is -2.43. The number of nitrogens with zero attached hydrogens (tertiary/aromatic N) is 2. The molecule has 2 aliphatic heterocycles. The molecule has 0 saturated carbocycles. The van der Waals surface area contributed by atoms with E-state index in [1.54, 1.807) is 0 Å². The lowest BCUT2D eigenvalue weighted by molar-refractivity contribution is 0.0948. The molecule has 144 valence electrons. The van der Waals surface area contributed by atoms with Gasteiger partial charge in [0.2, 0.25) is 0 Å². The Kier molecular flexibility index (Phi) is 5.92. The second-order valence-corrected chi connectivity index (χ2v) is 8.21. The van der Waals surface area contributed by atoms with E-state index < -0.39 is 0 Å². The van der Waals surface area contributed by atoms with Gasteiger partial charge < -0.3 is 10.0 Å². The predicted molar refractivity (Wildman–Crippen MR) is 111 cm³/mol. The van der Waals surface area contributed by atoms with Crippen molar-refractivity contribution in [3.05, 3.63) is 70.8 Å². The highest BCUT2D eigenvalue weighted by Crippen LogP contribution is 2.31. The first-order valence-electron chi connectivity index (χ1n) is 10.5. The maximum atomic E-state index is 10.0. The zero-order chi connectivity index (χ0) is 18.6. The van der Waals surface area contributed by atoms with Gasteiger partial charge in [-0.25, -0.2) is 0 Å². The number of aryl methyl sites for hydroxylation is 1. The molecule has 0 bridgehead atoms. The molecule has 2 aromatic rings. The van der Waals surface area contributed by atoms with E-state index in [4.69, 9.17) is 0 Å². The summed E-state index contributed by atoms with van der Waals surface area (Å²) in [5, 5.41) is 10.0. The molecule has 0 spiro atoms. The number of benzene rings is 2. The first-order valence-corrected chi connectivity index (χ1v) is 10.5. The summed E-state index contributed by atoms with van der Waals surface area (Å²) in [5.74, 6) is 0.720. The monoisotopic (exact) mass is 364 g/mol. The maximum Gasteiger partial charge on any atom is 0.0628 e. The molecular formula is C24H32N2O. The van der Waals surface area contributed by atoms with Crippen LogP contribution in [0.15, 0.2) is 48.5 Å². The molecule has 0 aromatic heterocycles.